The summed E-state index contributed by atoms with van der Waals surface area (Å²) in [6, 6.07) is 8.00. The first-order chi connectivity index (χ1) is 11.1. The Morgan fingerprint density at radius 1 is 1.17 bits per heavy atom. The van der Waals surface area contributed by atoms with Crippen molar-refractivity contribution in [3.8, 4) is 23.0 Å². The highest BCUT2D eigenvalue weighted by Gasteiger charge is 2.35. The van der Waals surface area contributed by atoms with Gasteiger partial charge in [0.1, 0.15) is 41.5 Å². The van der Waals surface area contributed by atoms with Crippen LogP contribution in [0.3, 0.4) is 0 Å². The highest BCUT2D eigenvalue weighted by atomic mass is 16.5. The Bertz CT molecular complexity index is 838. The molecule has 5 nitrogen and oxygen atoms in total. The third-order valence-corrected chi connectivity index (χ3v) is 4.33. The van der Waals surface area contributed by atoms with Crippen LogP contribution in [0.5, 0.6) is 23.0 Å². The molecule has 1 atom stereocenters. The van der Waals surface area contributed by atoms with E-state index in [1.165, 1.54) is 0 Å². The molecule has 2 aromatic carbocycles. The van der Waals surface area contributed by atoms with E-state index in [0.717, 1.165) is 0 Å². The molecule has 3 N–H and O–H groups in total. The summed E-state index contributed by atoms with van der Waals surface area (Å²) in [5, 5.41) is 30.6. The molecule has 2 aliphatic rings. The average molecular weight is 312 g/mol. The molecule has 0 aliphatic carbocycles. The van der Waals surface area contributed by atoms with E-state index in [-0.39, 0.29) is 18.1 Å². The van der Waals surface area contributed by atoms with Crippen molar-refractivity contribution in [2.75, 3.05) is 6.61 Å². The third-order valence-electron chi connectivity index (χ3n) is 4.33. The van der Waals surface area contributed by atoms with Gasteiger partial charge in [-0.25, -0.2) is 0 Å². The molecular formula is C18H16O5. The molecule has 0 bridgehead atoms. The van der Waals surface area contributed by atoms with Crippen LogP contribution in [-0.4, -0.2) is 21.9 Å². The van der Waals surface area contributed by atoms with Crippen molar-refractivity contribution < 1.29 is 24.8 Å². The van der Waals surface area contributed by atoms with Crippen LogP contribution in [0, 0.1) is 0 Å². The summed E-state index contributed by atoms with van der Waals surface area (Å²) in [5.74, 6) is 1.84. The normalized spacial score (nSPS) is 18.4. The Morgan fingerprint density at radius 2 is 2.00 bits per heavy atom. The van der Waals surface area contributed by atoms with E-state index >= 15 is 0 Å². The number of aromatic hydroxyl groups is 2. The molecule has 1 unspecified atom stereocenters. The molecule has 2 aromatic rings. The summed E-state index contributed by atoms with van der Waals surface area (Å²) < 4.78 is 11.6. The first kappa shape index (κ1) is 14.0. The fourth-order valence-corrected chi connectivity index (χ4v) is 3.20. The molecule has 0 saturated carbocycles. The lowest BCUT2D eigenvalue weighted by Gasteiger charge is -2.33. The first-order valence-electron chi connectivity index (χ1n) is 7.50. The lowest BCUT2D eigenvalue weighted by atomic mass is 9.88. The number of rotatable bonds is 1. The van der Waals surface area contributed by atoms with E-state index in [2.05, 4.69) is 0 Å². The van der Waals surface area contributed by atoms with Gasteiger partial charge in [0.2, 0.25) is 0 Å². The number of hydrogen-bond donors (Lipinski definition) is 3. The van der Waals surface area contributed by atoms with Gasteiger partial charge < -0.3 is 24.8 Å². The summed E-state index contributed by atoms with van der Waals surface area (Å²) in [7, 11) is 0. The van der Waals surface area contributed by atoms with E-state index in [0.29, 0.717) is 45.9 Å². The van der Waals surface area contributed by atoms with E-state index in [9.17, 15) is 15.3 Å². The highest BCUT2D eigenvalue weighted by molar-refractivity contribution is 5.81. The van der Waals surface area contributed by atoms with Crippen molar-refractivity contribution in [2.45, 2.75) is 19.4 Å². The Labute approximate surface area is 133 Å². The fraction of sp³-hybridized carbons (Fsp3) is 0.222. The molecule has 5 heteroatoms. The lowest BCUT2D eigenvalue weighted by molar-refractivity contribution is 0.197. The highest BCUT2D eigenvalue weighted by Crippen LogP contribution is 2.49. The molecule has 0 fully saturated rings. The maximum Gasteiger partial charge on any atom is 0.148 e. The van der Waals surface area contributed by atoms with Gasteiger partial charge in [0.05, 0.1) is 0 Å². The molecular weight excluding hydrogens is 296 g/mol. The SMILES string of the molecule is CCc1c(O)ccc2c1OC1=C(c3cc(O)ccc3OC1)C2O. The van der Waals surface area contributed by atoms with Crippen molar-refractivity contribution in [3.63, 3.8) is 0 Å². The van der Waals surface area contributed by atoms with E-state index in [1.807, 2.05) is 6.92 Å². The minimum atomic E-state index is -0.899. The van der Waals surface area contributed by atoms with Crippen molar-refractivity contribution in [1.82, 2.24) is 0 Å². The van der Waals surface area contributed by atoms with Crippen LogP contribution in [0.25, 0.3) is 5.57 Å². The Morgan fingerprint density at radius 3 is 2.78 bits per heavy atom. The Balaban J connectivity index is 1.91. The third kappa shape index (κ3) is 1.97. The molecule has 2 aliphatic heterocycles. The Hall–Kier alpha value is -2.66. The zero-order valence-corrected chi connectivity index (χ0v) is 12.5. The van der Waals surface area contributed by atoms with Gasteiger partial charge in [-0.05, 0) is 36.8 Å². The summed E-state index contributed by atoms with van der Waals surface area (Å²) in [5.41, 5.74) is 2.49. The van der Waals surface area contributed by atoms with Crippen molar-refractivity contribution >= 4 is 5.57 Å². The molecule has 0 saturated heterocycles. The molecule has 2 heterocycles. The number of phenols is 2. The second-order valence-corrected chi connectivity index (χ2v) is 5.65. The van der Waals surface area contributed by atoms with Gasteiger partial charge in [0, 0.05) is 22.3 Å². The lowest BCUT2D eigenvalue weighted by Crippen LogP contribution is -2.23. The summed E-state index contributed by atoms with van der Waals surface area (Å²) in [6.07, 6.45) is -0.313. The van der Waals surface area contributed by atoms with Gasteiger partial charge in [-0.1, -0.05) is 6.92 Å². The van der Waals surface area contributed by atoms with Gasteiger partial charge in [0.15, 0.2) is 0 Å². The maximum atomic E-state index is 10.8. The van der Waals surface area contributed by atoms with Gasteiger partial charge in [-0.2, -0.15) is 0 Å². The maximum absolute atomic E-state index is 10.8. The number of benzene rings is 2. The van der Waals surface area contributed by atoms with Crippen LogP contribution in [-0.2, 0) is 6.42 Å². The van der Waals surface area contributed by atoms with E-state index in [1.54, 1.807) is 30.3 Å². The minimum Gasteiger partial charge on any atom is -0.508 e. The molecule has 0 aromatic heterocycles. The molecule has 0 radical (unpaired) electrons. The zero-order chi connectivity index (χ0) is 16.1. The second kappa shape index (κ2) is 4.93. The summed E-state index contributed by atoms with van der Waals surface area (Å²) >= 11 is 0. The molecule has 0 amide bonds. The van der Waals surface area contributed by atoms with Crippen molar-refractivity contribution in [3.05, 3.63) is 52.8 Å². The largest absolute Gasteiger partial charge is 0.508 e. The Kier molecular flexibility index (Phi) is 2.99. The molecule has 118 valence electrons. The predicted octanol–water partition coefficient (Wildman–Crippen LogP) is 2.89. The van der Waals surface area contributed by atoms with Gasteiger partial charge in [-0.15, -0.1) is 0 Å². The van der Waals surface area contributed by atoms with Crippen LogP contribution < -0.4 is 9.47 Å². The van der Waals surface area contributed by atoms with Gasteiger partial charge in [0.25, 0.3) is 0 Å². The van der Waals surface area contributed by atoms with Crippen LogP contribution in [0.1, 0.15) is 29.7 Å². The summed E-state index contributed by atoms with van der Waals surface area (Å²) in [6.45, 7) is 2.11. The van der Waals surface area contributed by atoms with E-state index in [4.69, 9.17) is 9.47 Å². The fourth-order valence-electron chi connectivity index (χ4n) is 3.20. The van der Waals surface area contributed by atoms with Gasteiger partial charge >= 0.3 is 0 Å². The van der Waals surface area contributed by atoms with Crippen LogP contribution in [0.15, 0.2) is 36.1 Å². The van der Waals surface area contributed by atoms with Crippen LogP contribution >= 0.6 is 0 Å². The first-order valence-corrected chi connectivity index (χ1v) is 7.50. The summed E-state index contributed by atoms with van der Waals surface area (Å²) in [4.78, 5) is 0. The standard InChI is InChI=1S/C18H16O5/c1-2-10-13(20)5-4-11-17(21)16-12-7-9(19)3-6-14(12)22-8-15(16)23-18(10)11/h3-7,17,19-21H,2,8H2,1H3. The predicted molar refractivity (Wildman–Crippen MR) is 83.6 cm³/mol. The van der Waals surface area contributed by atoms with Crippen molar-refractivity contribution in [2.24, 2.45) is 0 Å². The quantitative estimate of drug-likeness (QED) is 0.754. The number of phenolic OH excluding ortho intramolecular Hbond substituents is 2. The number of aliphatic hydroxyl groups excluding tert-OH is 1. The second-order valence-electron chi connectivity index (χ2n) is 5.65. The van der Waals surface area contributed by atoms with Crippen LogP contribution in [0.4, 0.5) is 0 Å². The smallest absolute Gasteiger partial charge is 0.148 e. The number of fused-ring (bicyclic) bond motifs is 3. The minimum absolute atomic E-state index is 0.0963. The van der Waals surface area contributed by atoms with Gasteiger partial charge in [-0.3, -0.25) is 0 Å². The number of aliphatic hydroxyl groups is 1. The van der Waals surface area contributed by atoms with Crippen molar-refractivity contribution in [1.29, 1.82) is 0 Å². The molecule has 4 rings (SSSR count). The average Bonchev–Trinajstić information content (AvgIpc) is 2.54. The zero-order valence-electron chi connectivity index (χ0n) is 12.5. The topological polar surface area (TPSA) is 79.2 Å². The van der Waals surface area contributed by atoms with Crippen LogP contribution in [0.2, 0.25) is 0 Å². The monoisotopic (exact) mass is 312 g/mol. The molecule has 0 spiro atoms. The van der Waals surface area contributed by atoms with E-state index < -0.39 is 6.10 Å². The number of ether oxygens (including phenoxy) is 2. The molecule has 23 heavy (non-hydrogen) atoms. The number of hydrogen-bond acceptors (Lipinski definition) is 5.